The number of halogens is 3. The number of anilines is 2. The maximum absolute atomic E-state index is 12.5. The van der Waals surface area contributed by atoms with E-state index in [-0.39, 0.29) is 0 Å². The summed E-state index contributed by atoms with van der Waals surface area (Å²) in [5.41, 5.74) is 0.482. The van der Waals surface area contributed by atoms with Crippen molar-refractivity contribution in [3.63, 3.8) is 0 Å². The summed E-state index contributed by atoms with van der Waals surface area (Å²) in [6.07, 6.45) is -4.34. The van der Waals surface area contributed by atoms with Crippen LogP contribution < -0.4 is 5.32 Å². The molecule has 94 valence electrons. The van der Waals surface area contributed by atoms with E-state index in [9.17, 15) is 13.2 Å². The van der Waals surface area contributed by atoms with E-state index in [1.807, 2.05) is 13.0 Å². The first kappa shape index (κ1) is 12.4. The van der Waals surface area contributed by atoms with Gasteiger partial charge < -0.3 is 5.32 Å². The van der Waals surface area contributed by atoms with Gasteiger partial charge in [-0.15, -0.1) is 0 Å². The second-order valence-corrected chi connectivity index (χ2v) is 3.87. The molecule has 18 heavy (non-hydrogen) atoms. The monoisotopic (exact) mass is 252 g/mol. The Morgan fingerprint density at radius 3 is 2.44 bits per heavy atom. The maximum atomic E-state index is 12.5. The highest BCUT2D eigenvalue weighted by Gasteiger charge is 2.30. The number of hydrogen-bond donors (Lipinski definition) is 1. The fraction of sp³-hybridized carbons (Fsp3) is 0.154. The molecule has 0 fully saturated rings. The topological polar surface area (TPSA) is 24.9 Å². The molecule has 2 nitrogen and oxygen atoms in total. The zero-order valence-corrected chi connectivity index (χ0v) is 9.62. The number of alkyl halides is 3. The Morgan fingerprint density at radius 1 is 1.06 bits per heavy atom. The molecule has 5 heteroatoms. The summed E-state index contributed by atoms with van der Waals surface area (Å²) in [5, 5.41) is 2.85. The predicted molar refractivity (Wildman–Crippen MR) is 63.7 cm³/mol. The minimum absolute atomic E-state index is 0.364. The molecular formula is C13H11F3N2. The third-order valence-corrected chi connectivity index (χ3v) is 2.35. The summed E-state index contributed by atoms with van der Waals surface area (Å²) < 4.78 is 37.6. The second kappa shape index (κ2) is 4.68. The van der Waals surface area contributed by atoms with E-state index in [2.05, 4.69) is 10.3 Å². The highest BCUT2D eigenvalue weighted by Crippen LogP contribution is 2.31. The third kappa shape index (κ3) is 3.00. The lowest BCUT2D eigenvalue weighted by molar-refractivity contribution is -0.137. The molecule has 0 bridgehead atoms. The van der Waals surface area contributed by atoms with Gasteiger partial charge in [-0.3, -0.25) is 0 Å². The predicted octanol–water partition coefficient (Wildman–Crippen LogP) is 4.15. The smallest absolute Gasteiger partial charge is 0.340 e. The molecule has 0 radical (unpaired) electrons. The molecular weight excluding hydrogens is 241 g/mol. The quantitative estimate of drug-likeness (QED) is 0.868. The van der Waals surface area contributed by atoms with E-state index < -0.39 is 11.7 Å². The van der Waals surface area contributed by atoms with Gasteiger partial charge in [-0.2, -0.15) is 13.2 Å². The van der Waals surface area contributed by atoms with E-state index in [4.69, 9.17) is 0 Å². The van der Waals surface area contributed by atoms with E-state index in [0.29, 0.717) is 11.5 Å². The number of benzene rings is 1. The summed E-state index contributed by atoms with van der Waals surface area (Å²) >= 11 is 0. The Hall–Kier alpha value is -2.04. The van der Waals surface area contributed by atoms with Crippen molar-refractivity contribution in [2.45, 2.75) is 13.1 Å². The van der Waals surface area contributed by atoms with Crippen molar-refractivity contribution < 1.29 is 13.2 Å². The highest BCUT2D eigenvalue weighted by atomic mass is 19.4. The van der Waals surface area contributed by atoms with Gasteiger partial charge in [0.05, 0.1) is 5.56 Å². The first-order chi connectivity index (χ1) is 8.45. The van der Waals surface area contributed by atoms with Crippen LogP contribution in [0.1, 0.15) is 11.3 Å². The van der Waals surface area contributed by atoms with E-state index in [1.54, 1.807) is 18.2 Å². The summed E-state index contributed by atoms with van der Waals surface area (Å²) in [7, 11) is 0. The molecule has 0 unspecified atom stereocenters. The van der Waals surface area contributed by atoms with E-state index >= 15 is 0 Å². The van der Waals surface area contributed by atoms with Crippen LogP contribution >= 0.6 is 0 Å². The average Bonchev–Trinajstić information content (AvgIpc) is 2.28. The van der Waals surface area contributed by atoms with Crippen LogP contribution in [0.4, 0.5) is 24.7 Å². The van der Waals surface area contributed by atoms with Crippen LogP contribution in [-0.2, 0) is 6.18 Å². The Balaban J connectivity index is 2.25. The van der Waals surface area contributed by atoms with Crippen molar-refractivity contribution in [2.75, 3.05) is 5.32 Å². The number of pyridine rings is 1. The third-order valence-electron chi connectivity index (χ3n) is 2.35. The van der Waals surface area contributed by atoms with Gasteiger partial charge in [0.25, 0.3) is 0 Å². The first-order valence-electron chi connectivity index (χ1n) is 5.33. The van der Waals surface area contributed by atoms with Gasteiger partial charge in [0.1, 0.15) is 5.82 Å². The normalized spacial score (nSPS) is 11.3. The van der Waals surface area contributed by atoms with Crippen LogP contribution in [0.3, 0.4) is 0 Å². The molecule has 1 aromatic carbocycles. The largest absolute Gasteiger partial charge is 0.416 e. The zero-order chi connectivity index (χ0) is 13.2. The Labute approximate surface area is 102 Å². The molecule has 2 aromatic rings. The van der Waals surface area contributed by atoms with Gasteiger partial charge >= 0.3 is 6.18 Å². The number of nitrogens with one attached hydrogen (secondary N) is 1. The fourth-order valence-electron chi connectivity index (χ4n) is 1.53. The molecule has 1 N–H and O–H groups in total. The van der Waals surface area contributed by atoms with Crippen molar-refractivity contribution in [3.8, 4) is 0 Å². The van der Waals surface area contributed by atoms with Crippen LogP contribution in [-0.4, -0.2) is 4.98 Å². The molecule has 0 amide bonds. The van der Waals surface area contributed by atoms with E-state index in [0.717, 1.165) is 17.8 Å². The Morgan fingerprint density at radius 2 is 1.78 bits per heavy atom. The zero-order valence-electron chi connectivity index (χ0n) is 9.62. The molecule has 2 rings (SSSR count). The molecule has 0 spiro atoms. The molecule has 0 aliphatic heterocycles. The number of nitrogens with zero attached hydrogens (tertiary/aromatic N) is 1. The van der Waals surface area contributed by atoms with Crippen LogP contribution in [0.2, 0.25) is 0 Å². The SMILES string of the molecule is Cc1cccc(Nc2cccc(C(F)(F)F)c2)n1. The summed E-state index contributed by atoms with van der Waals surface area (Å²) in [6.45, 7) is 1.82. The molecule has 0 aliphatic rings. The summed E-state index contributed by atoms with van der Waals surface area (Å²) in [4.78, 5) is 4.17. The van der Waals surface area contributed by atoms with Gasteiger partial charge in [-0.1, -0.05) is 12.1 Å². The van der Waals surface area contributed by atoms with Crippen LogP contribution in [0, 0.1) is 6.92 Å². The minimum atomic E-state index is -4.34. The first-order valence-corrected chi connectivity index (χ1v) is 5.33. The highest BCUT2D eigenvalue weighted by molar-refractivity contribution is 5.57. The van der Waals surface area contributed by atoms with Gasteiger partial charge in [0.15, 0.2) is 0 Å². The van der Waals surface area contributed by atoms with Crippen molar-refractivity contribution >= 4 is 11.5 Å². The molecule has 0 saturated carbocycles. The van der Waals surface area contributed by atoms with Crippen molar-refractivity contribution in [3.05, 3.63) is 53.7 Å². The van der Waals surface area contributed by atoms with Gasteiger partial charge in [0.2, 0.25) is 0 Å². The minimum Gasteiger partial charge on any atom is -0.340 e. The lowest BCUT2D eigenvalue weighted by atomic mass is 10.2. The standard InChI is InChI=1S/C13H11F3N2/c1-9-4-2-7-12(17-9)18-11-6-3-5-10(8-11)13(14,15)16/h2-8H,1H3,(H,17,18). The van der Waals surface area contributed by atoms with Crippen LogP contribution in [0.25, 0.3) is 0 Å². The van der Waals surface area contributed by atoms with E-state index in [1.165, 1.54) is 6.07 Å². The Bertz CT molecular complexity index is 550. The lowest BCUT2D eigenvalue weighted by Gasteiger charge is -2.10. The van der Waals surface area contributed by atoms with Crippen LogP contribution in [0.5, 0.6) is 0 Å². The number of aryl methyl sites for hydroxylation is 1. The molecule has 1 aromatic heterocycles. The average molecular weight is 252 g/mol. The van der Waals surface area contributed by atoms with Crippen molar-refractivity contribution in [1.82, 2.24) is 4.98 Å². The second-order valence-electron chi connectivity index (χ2n) is 3.87. The summed E-state index contributed by atoms with van der Waals surface area (Å²) in [6, 6.07) is 10.3. The number of aromatic nitrogens is 1. The number of hydrogen-bond acceptors (Lipinski definition) is 2. The van der Waals surface area contributed by atoms with Gasteiger partial charge in [-0.05, 0) is 37.3 Å². The Kier molecular flexibility index (Phi) is 3.23. The molecule has 0 saturated heterocycles. The van der Waals surface area contributed by atoms with Crippen molar-refractivity contribution in [2.24, 2.45) is 0 Å². The van der Waals surface area contributed by atoms with Crippen LogP contribution in [0.15, 0.2) is 42.5 Å². The van der Waals surface area contributed by atoms with Gasteiger partial charge in [0, 0.05) is 11.4 Å². The van der Waals surface area contributed by atoms with Crippen molar-refractivity contribution in [1.29, 1.82) is 0 Å². The molecule has 0 atom stereocenters. The number of rotatable bonds is 2. The maximum Gasteiger partial charge on any atom is 0.416 e. The fourth-order valence-corrected chi connectivity index (χ4v) is 1.53. The summed E-state index contributed by atoms with van der Waals surface area (Å²) in [5.74, 6) is 0.523. The van der Waals surface area contributed by atoms with Gasteiger partial charge in [-0.25, -0.2) is 4.98 Å². The molecule has 0 aliphatic carbocycles. The molecule has 1 heterocycles. The lowest BCUT2D eigenvalue weighted by Crippen LogP contribution is -2.05.